The van der Waals surface area contributed by atoms with Gasteiger partial charge in [-0.1, -0.05) is 0 Å². The Kier molecular flexibility index (Phi) is 0.478. The molecule has 0 bridgehead atoms. The van der Waals surface area contributed by atoms with Gasteiger partial charge < -0.3 is 0 Å². The van der Waals surface area contributed by atoms with Crippen LogP contribution in [0.5, 0.6) is 0 Å². The molecule has 2 heteroatoms. The molecule has 0 radical (unpaired) electrons. The maximum Gasteiger partial charge on any atom is 0.0453 e. The smallest absolute Gasteiger partial charge is 0.0453 e. The molecule has 0 aromatic heterocycles. The highest BCUT2D eigenvalue weighted by Gasteiger charge is 2.22. The summed E-state index contributed by atoms with van der Waals surface area (Å²) in [6.45, 7) is 0. The topological polar surface area (TPSA) is 21.9 Å². The summed E-state index contributed by atoms with van der Waals surface area (Å²) in [6, 6.07) is 0. The molecule has 0 saturated carbocycles. The van der Waals surface area contributed by atoms with Gasteiger partial charge in [0.25, 0.3) is 0 Å². The molecule has 1 rings (SSSR count). The largest absolute Gasteiger partial charge is 0.271 e. The van der Waals surface area contributed by atoms with E-state index in [0.29, 0.717) is 0 Å². The molecule has 1 N–H and O–H groups in total. The van der Waals surface area contributed by atoms with Crippen molar-refractivity contribution in [2.45, 2.75) is 0 Å². The summed E-state index contributed by atoms with van der Waals surface area (Å²) in [5, 5.41) is 0. The maximum absolute atomic E-state index is 3.26. The lowest BCUT2D eigenvalue weighted by molar-refractivity contribution is 1.41. The highest BCUT2D eigenvalue weighted by Crippen LogP contribution is 2.46. The van der Waals surface area contributed by atoms with Crippen molar-refractivity contribution >= 4 is 10.2 Å². The van der Waals surface area contributed by atoms with Crippen molar-refractivity contribution in [3.8, 4) is 0 Å². The van der Waals surface area contributed by atoms with Crippen molar-refractivity contribution in [1.29, 1.82) is 0 Å². The Hall–Kier alpha value is 0.310. The van der Waals surface area contributed by atoms with Crippen LogP contribution in [0.1, 0.15) is 0 Å². The van der Waals surface area contributed by atoms with Crippen LogP contribution in [-0.4, -0.2) is 18.4 Å². The van der Waals surface area contributed by atoms with Gasteiger partial charge in [-0.05, 0) is 12.5 Å². The van der Waals surface area contributed by atoms with Gasteiger partial charge in [-0.15, -0.1) is 0 Å². The van der Waals surface area contributed by atoms with Crippen molar-refractivity contribution in [1.82, 2.24) is 4.72 Å². The van der Waals surface area contributed by atoms with Gasteiger partial charge in [0.1, 0.15) is 0 Å². The average Bonchev–Trinajstić information content (AvgIpc) is 1.76. The van der Waals surface area contributed by atoms with E-state index in [1.54, 1.807) is 0 Å². The highest BCUT2D eigenvalue weighted by atomic mass is 32.3. The number of rotatable bonds is 0. The molecule has 32 valence electrons. The van der Waals surface area contributed by atoms with Gasteiger partial charge in [-0.3, -0.25) is 4.72 Å². The first-order valence-corrected chi connectivity index (χ1v) is 4.28. The Labute approximate surface area is 34.2 Å². The summed E-state index contributed by atoms with van der Waals surface area (Å²) >= 11 is 0. The van der Waals surface area contributed by atoms with Gasteiger partial charge >= 0.3 is 0 Å². The summed E-state index contributed by atoms with van der Waals surface area (Å²) in [5.74, 6) is 1.28. The van der Waals surface area contributed by atoms with E-state index < -0.39 is 0 Å². The minimum atomic E-state index is -0.167. The van der Waals surface area contributed by atoms with E-state index in [1.807, 2.05) is 0 Å². The van der Waals surface area contributed by atoms with Crippen molar-refractivity contribution in [2.24, 2.45) is 0 Å². The van der Waals surface area contributed by atoms with Crippen molar-refractivity contribution < 1.29 is 0 Å². The van der Waals surface area contributed by atoms with E-state index in [4.69, 9.17) is 0 Å². The SMILES string of the molecule is CS1(C)CN1. The van der Waals surface area contributed by atoms with E-state index in [2.05, 4.69) is 17.2 Å². The summed E-state index contributed by atoms with van der Waals surface area (Å²) in [5.41, 5.74) is 0. The fourth-order valence-electron chi connectivity index (χ4n) is 0.118. The summed E-state index contributed by atoms with van der Waals surface area (Å²) < 4.78 is 3.26. The number of hydrogen-bond donors (Lipinski definition) is 1. The minimum Gasteiger partial charge on any atom is -0.271 e. The summed E-state index contributed by atoms with van der Waals surface area (Å²) in [4.78, 5) is 0. The lowest BCUT2D eigenvalue weighted by Gasteiger charge is -1.94. The molecule has 0 aliphatic carbocycles. The summed E-state index contributed by atoms with van der Waals surface area (Å²) in [7, 11) is -0.167. The fourth-order valence-corrected chi connectivity index (χ4v) is 1.06. The first-order chi connectivity index (χ1) is 2.21. The van der Waals surface area contributed by atoms with E-state index in [0.717, 1.165) is 0 Å². The van der Waals surface area contributed by atoms with Crippen LogP contribution in [0.15, 0.2) is 0 Å². The molecule has 1 saturated heterocycles. The van der Waals surface area contributed by atoms with Gasteiger partial charge in [0.15, 0.2) is 0 Å². The first-order valence-electron chi connectivity index (χ1n) is 1.66. The predicted octanol–water partition coefficient (Wildman–Crippen LogP) is 0.526. The van der Waals surface area contributed by atoms with E-state index in [9.17, 15) is 0 Å². The third-order valence-corrected chi connectivity index (χ3v) is 2.17. The zero-order chi connectivity index (χ0) is 3.91. The Morgan fingerprint density at radius 2 is 1.80 bits per heavy atom. The zero-order valence-corrected chi connectivity index (χ0v) is 4.43. The molecular formula is C3H9NS. The zero-order valence-electron chi connectivity index (χ0n) is 3.62. The standard InChI is InChI=1S/C3H9NS/c1-5(2)3-4-5/h4H,3H2,1-2H3. The van der Waals surface area contributed by atoms with Crippen molar-refractivity contribution in [3.05, 3.63) is 0 Å². The molecule has 0 aromatic carbocycles. The quantitative estimate of drug-likeness (QED) is 0.431. The van der Waals surface area contributed by atoms with Crippen LogP contribution in [0.4, 0.5) is 0 Å². The second kappa shape index (κ2) is 0.684. The molecule has 1 heterocycles. The van der Waals surface area contributed by atoms with Gasteiger partial charge in [0.05, 0.1) is 0 Å². The Morgan fingerprint density at radius 1 is 1.60 bits per heavy atom. The lowest BCUT2D eigenvalue weighted by Crippen LogP contribution is -1.70. The van der Waals surface area contributed by atoms with Gasteiger partial charge in [0, 0.05) is 5.88 Å². The monoisotopic (exact) mass is 91.0 g/mol. The second-order valence-corrected chi connectivity index (χ2v) is 5.48. The lowest BCUT2D eigenvalue weighted by atomic mass is 11.6. The summed E-state index contributed by atoms with van der Waals surface area (Å²) in [6.07, 6.45) is 4.54. The normalized spacial score (nSPS) is 36.4. The molecule has 1 fully saturated rings. The minimum absolute atomic E-state index is 0.167. The van der Waals surface area contributed by atoms with Crippen LogP contribution >= 0.6 is 10.2 Å². The molecule has 0 spiro atoms. The van der Waals surface area contributed by atoms with Crippen molar-refractivity contribution in [2.75, 3.05) is 18.4 Å². The van der Waals surface area contributed by atoms with Gasteiger partial charge in [-0.2, -0.15) is 10.2 Å². The molecular weight excluding hydrogens is 82.1 g/mol. The maximum atomic E-state index is 3.26. The molecule has 1 aliphatic rings. The predicted molar refractivity (Wildman–Crippen MR) is 27.4 cm³/mol. The molecule has 0 amide bonds. The third-order valence-electron chi connectivity index (χ3n) is 0.722. The Balaban J connectivity index is 2.38. The molecule has 0 unspecified atom stereocenters. The molecule has 1 nitrogen and oxygen atoms in total. The van der Waals surface area contributed by atoms with Gasteiger partial charge in [0.2, 0.25) is 0 Å². The van der Waals surface area contributed by atoms with Crippen LogP contribution in [0.3, 0.4) is 0 Å². The second-order valence-electron chi connectivity index (χ2n) is 1.83. The highest BCUT2D eigenvalue weighted by molar-refractivity contribution is 8.36. The van der Waals surface area contributed by atoms with Crippen LogP contribution in [0, 0.1) is 0 Å². The van der Waals surface area contributed by atoms with Gasteiger partial charge in [-0.25, -0.2) is 0 Å². The number of hydrogen-bond acceptors (Lipinski definition) is 1. The molecule has 5 heavy (non-hydrogen) atoms. The first kappa shape index (κ1) is 3.50. The van der Waals surface area contributed by atoms with Crippen molar-refractivity contribution in [3.63, 3.8) is 0 Å². The van der Waals surface area contributed by atoms with E-state index >= 15 is 0 Å². The van der Waals surface area contributed by atoms with Crippen LogP contribution < -0.4 is 4.72 Å². The average molecular weight is 91.2 g/mol. The Bertz CT molecular complexity index is 44.9. The fraction of sp³-hybridized carbons (Fsp3) is 1.00. The van der Waals surface area contributed by atoms with Crippen LogP contribution in [-0.2, 0) is 0 Å². The van der Waals surface area contributed by atoms with E-state index in [1.165, 1.54) is 5.88 Å². The molecule has 0 atom stereocenters. The Morgan fingerprint density at radius 3 is 1.80 bits per heavy atom. The molecule has 1 aliphatic heterocycles. The van der Waals surface area contributed by atoms with Crippen LogP contribution in [0.2, 0.25) is 0 Å². The number of nitrogens with one attached hydrogen (secondary N) is 1. The molecule has 0 aromatic rings. The third kappa shape index (κ3) is 0.816. The van der Waals surface area contributed by atoms with E-state index in [-0.39, 0.29) is 10.2 Å². The van der Waals surface area contributed by atoms with Crippen LogP contribution in [0.25, 0.3) is 0 Å².